The molecule has 0 radical (unpaired) electrons. The number of nitrogens with zero attached hydrogens (tertiary/aromatic N) is 3. The Bertz CT molecular complexity index is 1600. The predicted molar refractivity (Wildman–Crippen MR) is 176 cm³/mol. The summed E-state index contributed by atoms with van der Waals surface area (Å²) in [5, 5.41) is 11.9. The summed E-state index contributed by atoms with van der Waals surface area (Å²) < 4.78 is 0. The number of hydrogen-bond donors (Lipinski definition) is 2. The van der Waals surface area contributed by atoms with Crippen LogP contribution in [0.25, 0.3) is 11.1 Å². The molecule has 2 N–H and O–H groups in total. The maximum absolute atomic E-state index is 14.5. The van der Waals surface area contributed by atoms with Gasteiger partial charge in [-0.25, -0.2) is 4.98 Å². The molecule has 1 atom stereocenters. The average molecular weight is 629 g/mol. The monoisotopic (exact) mass is 628 g/mol. The highest BCUT2D eigenvalue weighted by atomic mass is 35.5. The minimum absolute atomic E-state index is 0.0589. The third kappa shape index (κ3) is 6.96. The van der Waals surface area contributed by atoms with Crippen molar-refractivity contribution in [3.63, 3.8) is 0 Å². The van der Waals surface area contributed by atoms with Crippen molar-refractivity contribution in [2.24, 2.45) is 16.3 Å². The Hall–Kier alpha value is -4.04. The van der Waals surface area contributed by atoms with Crippen molar-refractivity contribution in [2.45, 2.75) is 77.9 Å². The Balaban J connectivity index is 1.48. The van der Waals surface area contributed by atoms with Crippen molar-refractivity contribution < 1.29 is 19.5 Å². The van der Waals surface area contributed by atoms with Crippen LogP contribution in [0.2, 0.25) is 5.15 Å². The number of carbonyl (C=O) groups is 3. The van der Waals surface area contributed by atoms with Crippen LogP contribution >= 0.6 is 11.6 Å². The van der Waals surface area contributed by atoms with E-state index in [4.69, 9.17) is 21.7 Å². The van der Waals surface area contributed by atoms with Crippen molar-refractivity contribution in [1.29, 1.82) is 0 Å². The van der Waals surface area contributed by atoms with Crippen molar-refractivity contribution in [1.82, 2.24) is 15.2 Å². The number of aliphatic imine (C=N–C) groups is 1. The minimum atomic E-state index is -0.966. The highest BCUT2D eigenvalue weighted by Gasteiger charge is 2.52. The first kappa shape index (κ1) is 32.4. The fourth-order valence-corrected chi connectivity index (χ4v) is 6.94. The van der Waals surface area contributed by atoms with E-state index in [9.17, 15) is 14.4 Å². The van der Waals surface area contributed by atoms with Gasteiger partial charge in [0.1, 0.15) is 16.5 Å². The average Bonchev–Trinajstić information content (AvgIpc) is 3.28. The lowest BCUT2D eigenvalue weighted by molar-refractivity contribution is -0.137. The van der Waals surface area contributed by atoms with Gasteiger partial charge in [0.15, 0.2) is 0 Å². The maximum atomic E-state index is 14.5. The van der Waals surface area contributed by atoms with Crippen molar-refractivity contribution in [2.75, 3.05) is 6.54 Å². The second-order valence-corrected chi connectivity index (χ2v) is 13.5. The lowest BCUT2D eigenvalue weighted by Gasteiger charge is -2.47. The molecule has 0 unspecified atom stereocenters. The minimum Gasteiger partial charge on any atom is -0.481 e. The number of carboxylic acids is 1. The molecule has 1 fully saturated rings. The molecular formula is C36H41ClN4O4. The number of amides is 2. The van der Waals surface area contributed by atoms with Gasteiger partial charge in [-0.3, -0.25) is 19.4 Å². The summed E-state index contributed by atoms with van der Waals surface area (Å²) in [6, 6.07) is 18.6. The zero-order valence-electron chi connectivity index (χ0n) is 26.3. The number of aliphatic carboxylic acids is 1. The van der Waals surface area contributed by atoms with Gasteiger partial charge in [0.2, 0.25) is 0 Å². The van der Waals surface area contributed by atoms with Crippen LogP contribution in [-0.4, -0.2) is 50.7 Å². The Morgan fingerprint density at radius 1 is 1.04 bits per heavy atom. The van der Waals surface area contributed by atoms with Gasteiger partial charge in [-0.2, -0.15) is 0 Å². The molecule has 2 aliphatic rings. The smallest absolute Gasteiger partial charge is 0.305 e. The molecule has 9 heteroatoms. The molecule has 2 aromatic carbocycles. The number of carboxylic acid groups (broad SMARTS) is 1. The van der Waals surface area contributed by atoms with Crippen molar-refractivity contribution in [3.05, 3.63) is 88.7 Å². The van der Waals surface area contributed by atoms with Gasteiger partial charge in [-0.15, -0.1) is 0 Å². The Kier molecular flexibility index (Phi) is 9.44. The van der Waals surface area contributed by atoms with Gasteiger partial charge in [-0.05, 0) is 90.5 Å². The van der Waals surface area contributed by atoms with Crippen LogP contribution in [0, 0.1) is 11.3 Å². The van der Waals surface area contributed by atoms with Crippen molar-refractivity contribution >= 4 is 35.1 Å². The van der Waals surface area contributed by atoms with Gasteiger partial charge in [-0.1, -0.05) is 69.6 Å². The number of nitrogens with one attached hydrogen (secondary N) is 1. The van der Waals surface area contributed by atoms with Crippen LogP contribution in [0.15, 0.2) is 71.9 Å². The first-order valence-electron chi connectivity index (χ1n) is 15.7. The van der Waals surface area contributed by atoms with E-state index in [0.717, 1.165) is 47.9 Å². The highest BCUT2D eigenvalue weighted by Crippen LogP contribution is 2.49. The lowest BCUT2D eigenvalue weighted by atomic mass is 9.69. The first-order chi connectivity index (χ1) is 21.4. The molecule has 8 nitrogen and oxygen atoms in total. The summed E-state index contributed by atoms with van der Waals surface area (Å²) in [6.45, 7) is 8.99. The second kappa shape index (κ2) is 13.1. The number of hydrogen-bond acceptors (Lipinski definition) is 5. The topological polar surface area (TPSA) is 112 Å². The van der Waals surface area contributed by atoms with E-state index in [-0.39, 0.29) is 36.2 Å². The van der Waals surface area contributed by atoms with Gasteiger partial charge >= 0.3 is 5.97 Å². The summed E-state index contributed by atoms with van der Waals surface area (Å²) in [6.07, 6.45) is 5.73. The van der Waals surface area contributed by atoms with Crippen LogP contribution in [0.3, 0.4) is 0 Å². The Labute approximate surface area is 269 Å². The number of halogens is 1. The largest absolute Gasteiger partial charge is 0.481 e. The third-order valence-electron chi connectivity index (χ3n) is 9.28. The molecule has 0 bridgehead atoms. The number of rotatable bonds is 9. The van der Waals surface area contributed by atoms with Crippen LogP contribution < -0.4 is 5.32 Å². The summed E-state index contributed by atoms with van der Waals surface area (Å²) in [4.78, 5) is 49.4. The van der Waals surface area contributed by atoms with Crippen LogP contribution in [-0.2, 0) is 9.59 Å². The summed E-state index contributed by atoms with van der Waals surface area (Å²) >= 11 is 6.18. The van der Waals surface area contributed by atoms with Gasteiger partial charge < -0.3 is 15.3 Å². The van der Waals surface area contributed by atoms with E-state index in [1.807, 2.05) is 53.4 Å². The molecule has 1 aliphatic carbocycles. The van der Waals surface area contributed by atoms with E-state index < -0.39 is 11.6 Å². The number of carbonyl (C=O) groups excluding carboxylic acids is 2. The maximum Gasteiger partial charge on any atom is 0.305 e. The van der Waals surface area contributed by atoms with Gasteiger partial charge in [0, 0.05) is 23.9 Å². The summed E-state index contributed by atoms with van der Waals surface area (Å²) in [5.41, 5.74) is 3.98. The van der Waals surface area contributed by atoms with E-state index in [1.54, 1.807) is 18.3 Å². The summed E-state index contributed by atoms with van der Waals surface area (Å²) in [7, 11) is 0. The number of benzene rings is 2. The molecule has 0 saturated heterocycles. The molecule has 2 heterocycles. The fourth-order valence-electron chi connectivity index (χ4n) is 6.77. The van der Waals surface area contributed by atoms with E-state index >= 15 is 0 Å². The van der Waals surface area contributed by atoms with Crippen molar-refractivity contribution in [3.8, 4) is 11.1 Å². The fraction of sp³-hybridized carbons (Fsp3) is 0.417. The molecule has 236 valence electrons. The zero-order valence-corrected chi connectivity index (χ0v) is 27.1. The standard InChI is InChI=1S/C36H41ClN4O4/c1-5-29(23-9-11-24(12-10-23)33(44)39-20-16-31(42)43)41-34(45)32(40-36(41)17-13-28(14-18-36)35(2,3)4)27-8-6-7-25(21-27)26-15-19-38-30(37)22-26/h6-12,15,19,21-22,28-29H,5,13-14,16-18,20H2,1-4H3,(H,39,44)(H,42,43)/t28?,29-,36?/m1/s1. The Morgan fingerprint density at radius 3 is 2.33 bits per heavy atom. The predicted octanol–water partition coefficient (Wildman–Crippen LogP) is 7.32. The number of pyridine rings is 1. The van der Waals surface area contributed by atoms with Crippen LogP contribution in [0.5, 0.6) is 0 Å². The van der Waals surface area contributed by atoms with E-state index in [0.29, 0.717) is 28.8 Å². The summed E-state index contributed by atoms with van der Waals surface area (Å²) in [5.74, 6) is -0.840. The molecular weight excluding hydrogens is 588 g/mol. The van der Waals surface area contributed by atoms with Crippen LogP contribution in [0.1, 0.15) is 93.7 Å². The van der Waals surface area contributed by atoms with E-state index in [2.05, 4.69) is 38.0 Å². The molecule has 1 aliphatic heterocycles. The lowest BCUT2D eigenvalue weighted by Crippen LogP contribution is -2.51. The quantitative estimate of drug-likeness (QED) is 0.241. The molecule has 2 amide bonds. The highest BCUT2D eigenvalue weighted by molar-refractivity contribution is 6.47. The molecule has 45 heavy (non-hydrogen) atoms. The van der Waals surface area contributed by atoms with Crippen LogP contribution in [0.4, 0.5) is 0 Å². The van der Waals surface area contributed by atoms with Gasteiger partial charge in [0.25, 0.3) is 11.8 Å². The molecule has 1 aromatic heterocycles. The molecule has 1 spiro atoms. The molecule has 1 saturated carbocycles. The van der Waals surface area contributed by atoms with Gasteiger partial charge in [0.05, 0.1) is 12.5 Å². The Morgan fingerprint density at radius 2 is 1.71 bits per heavy atom. The molecule has 5 rings (SSSR count). The zero-order chi connectivity index (χ0) is 32.4. The SMILES string of the molecule is CC[C@H](c1ccc(C(=O)NCCC(=O)O)cc1)N1C(=O)C(c2cccc(-c3ccnc(Cl)c3)c2)=NC12CCC(C(C)(C)C)CC2. The normalized spacial score (nSPS) is 20.6. The first-order valence-corrected chi connectivity index (χ1v) is 16.1. The third-order valence-corrected chi connectivity index (χ3v) is 9.48. The number of aromatic nitrogens is 1. The second-order valence-electron chi connectivity index (χ2n) is 13.2. The molecule has 3 aromatic rings. The van der Waals surface area contributed by atoms with E-state index in [1.165, 1.54) is 0 Å².